The predicted octanol–water partition coefficient (Wildman–Crippen LogP) is 2.78. The lowest BCUT2D eigenvalue weighted by Gasteiger charge is -2.11. The van der Waals surface area contributed by atoms with Gasteiger partial charge in [-0.2, -0.15) is 0 Å². The quantitative estimate of drug-likeness (QED) is 0.768. The number of carbonyl (C=O) groups is 1. The van der Waals surface area contributed by atoms with Crippen molar-refractivity contribution in [2.24, 2.45) is 5.73 Å². The van der Waals surface area contributed by atoms with Gasteiger partial charge in [-0.25, -0.2) is 0 Å². The zero-order valence-electron chi connectivity index (χ0n) is 11.6. The maximum Gasteiger partial charge on any atom is 0.305 e. The number of nitrogens with two attached hydrogens (primary N) is 1. The minimum absolute atomic E-state index is 0.0242. The normalized spacial score (nSPS) is 16.1. The van der Waals surface area contributed by atoms with Gasteiger partial charge in [-0.3, -0.25) is 4.79 Å². The summed E-state index contributed by atoms with van der Waals surface area (Å²) >= 11 is 0. The molecule has 0 radical (unpaired) electrons. The Morgan fingerprint density at radius 3 is 2.63 bits per heavy atom. The van der Waals surface area contributed by atoms with E-state index in [1.54, 1.807) is 0 Å². The topological polar surface area (TPSA) is 52.3 Å². The van der Waals surface area contributed by atoms with Crippen LogP contribution in [0.5, 0.6) is 0 Å². The summed E-state index contributed by atoms with van der Waals surface area (Å²) in [5, 5.41) is 0. The number of carbonyl (C=O) groups excluding carboxylic acids is 1. The van der Waals surface area contributed by atoms with Crippen LogP contribution in [0.4, 0.5) is 0 Å². The Balaban J connectivity index is 1.74. The van der Waals surface area contributed by atoms with Crippen molar-refractivity contribution in [2.75, 3.05) is 6.61 Å². The molecule has 0 saturated heterocycles. The summed E-state index contributed by atoms with van der Waals surface area (Å²) in [6, 6.07) is 8.78. The fourth-order valence-corrected chi connectivity index (χ4v) is 2.28. The zero-order valence-corrected chi connectivity index (χ0v) is 11.6. The van der Waals surface area contributed by atoms with Crippen LogP contribution >= 0.6 is 0 Å². The van der Waals surface area contributed by atoms with Crippen molar-refractivity contribution in [1.29, 1.82) is 0 Å². The highest BCUT2D eigenvalue weighted by molar-refractivity contribution is 5.69. The van der Waals surface area contributed by atoms with Gasteiger partial charge in [0.2, 0.25) is 0 Å². The van der Waals surface area contributed by atoms with Gasteiger partial charge >= 0.3 is 5.97 Å². The molecule has 1 aliphatic rings. The van der Waals surface area contributed by atoms with Gasteiger partial charge in [0, 0.05) is 12.5 Å². The van der Waals surface area contributed by atoms with E-state index in [9.17, 15) is 4.79 Å². The molecule has 0 aliphatic heterocycles. The third-order valence-electron chi connectivity index (χ3n) is 3.55. The third kappa shape index (κ3) is 4.67. The van der Waals surface area contributed by atoms with E-state index >= 15 is 0 Å². The van der Waals surface area contributed by atoms with Gasteiger partial charge in [0.1, 0.15) is 0 Å². The molecule has 19 heavy (non-hydrogen) atoms. The SMILES string of the molecule is CCOC(=O)CCC(N)Cc1ccc(C2CC2)cc1. The molecule has 3 nitrogen and oxygen atoms in total. The molecule has 104 valence electrons. The molecule has 3 heteroatoms. The van der Waals surface area contributed by atoms with Crippen molar-refractivity contribution in [3.05, 3.63) is 35.4 Å². The molecule has 1 aliphatic carbocycles. The van der Waals surface area contributed by atoms with E-state index in [4.69, 9.17) is 10.5 Å². The smallest absolute Gasteiger partial charge is 0.305 e. The summed E-state index contributed by atoms with van der Waals surface area (Å²) in [4.78, 5) is 11.2. The molecular weight excluding hydrogens is 238 g/mol. The first kappa shape index (κ1) is 14.1. The van der Waals surface area contributed by atoms with Crippen LogP contribution < -0.4 is 5.73 Å². The van der Waals surface area contributed by atoms with E-state index in [1.807, 2.05) is 6.92 Å². The summed E-state index contributed by atoms with van der Waals surface area (Å²) in [5.74, 6) is 0.647. The van der Waals surface area contributed by atoms with Gasteiger partial charge in [-0.05, 0) is 49.7 Å². The van der Waals surface area contributed by atoms with Crippen LogP contribution in [0.15, 0.2) is 24.3 Å². The van der Waals surface area contributed by atoms with Crippen LogP contribution in [-0.4, -0.2) is 18.6 Å². The molecule has 1 unspecified atom stereocenters. The molecular formula is C16H23NO2. The number of hydrogen-bond donors (Lipinski definition) is 1. The Bertz CT molecular complexity index is 409. The molecule has 0 amide bonds. The number of benzene rings is 1. The summed E-state index contributed by atoms with van der Waals surface area (Å²) in [7, 11) is 0. The number of rotatable bonds is 7. The van der Waals surface area contributed by atoms with Crippen LogP contribution in [0.2, 0.25) is 0 Å². The van der Waals surface area contributed by atoms with Crippen LogP contribution in [0.25, 0.3) is 0 Å². The van der Waals surface area contributed by atoms with Gasteiger partial charge < -0.3 is 10.5 Å². The van der Waals surface area contributed by atoms with Crippen molar-refractivity contribution in [3.63, 3.8) is 0 Å². The van der Waals surface area contributed by atoms with E-state index in [0.717, 1.165) is 12.3 Å². The van der Waals surface area contributed by atoms with E-state index < -0.39 is 0 Å². The molecule has 1 aromatic carbocycles. The highest BCUT2D eigenvalue weighted by atomic mass is 16.5. The number of hydrogen-bond acceptors (Lipinski definition) is 3. The molecule has 0 heterocycles. The standard InChI is InChI=1S/C16H23NO2/c1-2-19-16(18)10-9-15(17)11-12-3-5-13(6-4-12)14-7-8-14/h3-6,14-15H,2,7-11,17H2,1H3. The number of esters is 1. The summed E-state index contributed by atoms with van der Waals surface area (Å²) in [5.41, 5.74) is 8.75. The maximum atomic E-state index is 11.2. The Kier molecular flexibility index (Phi) is 4.97. The van der Waals surface area contributed by atoms with E-state index in [0.29, 0.717) is 19.4 Å². The Morgan fingerprint density at radius 1 is 1.37 bits per heavy atom. The fraction of sp³-hybridized carbons (Fsp3) is 0.562. The summed E-state index contributed by atoms with van der Waals surface area (Å²) in [6.07, 6.45) is 4.58. The lowest BCUT2D eigenvalue weighted by atomic mass is 10.0. The third-order valence-corrected chi connectivity index (χ3v) is 3.55. The Hall–Kier alpha value is -1.35. The molecule has 1 atom stereocenters. The first-order valence-electron chi connectivity index (χ1n) is 7.19. The summed E-state index contributed by atoms with van der Waals surface area (Å²) in [6.45, 7) is 2.26. The average Bonchev–Trinajstić information content (AvgIpc) is 3.22. The van der Waals surface area contributed by atoms with E-state index in [1.165, 1.54) is 24.0 Å². The van der Waals surface area contributed by atoms with E-state index in [2.05, 4.69) is 24.3 Å². The molecule has 1 aromatic rings. The highest BCUT2D eigenvalue weighted by Gasteiger charge is 2.22. The summed E-state index contributed by atoms with van der Waals surface area (Å²) < 4.78 is 4.90. The highest BCUT2D eigenvalue weighted by Crippen LogP contribution is 2.39. The van der Waals surface area contributed by atoms with Crippen molar-refractivity contribution < 1.29 is 9.53 Å². The fourth-order valence-electron chi connectivity index (χ4n) is 2.28. The van der Waals surface area contributed by atoms with Crippen molar-refractivity contribution in [1.82, 2.24) is 0 Å². The molecule has 0 aromatic heterocycles. The van der Waals surface area contributed by atoms with Gasteiger partial charge in [0.25, 0.3) is 0 Å². The largest absolute Gasteiger partial charge is 0.466 e. The molecule has 1 saturated carbocycles. The Morgan fingerprint density at radius 2 is 2.05 bits per heavy atom. The van der Waals surface area contributed by atoms with Crippen LogP contribution in [-0.2, 0) is 16.0 Å². The van der Waals surface area contributed by atoms with Crippen molar-refractivity contribution in [3.8, 4) is 0 Å². The van der Waals surface area contributed by atoms with Crippen molar-refractivity contribution >= 4 is 5.97 Å². The lowest BCUT2D eigenvalue weighted by molar-refractivity contribution is -0.143. The minimum Gasteiger partial charge on any atom is -0.466 e. The second kappa shape index (κ2) is 6.71. The van der Waals surface area contributed by atoms with Gasteiger partial charge in [0.15, 0.2) is 0 Å². The van der Waals surface area contributed by atoms with E-state index in [-0.39, 0.29) is 12.0 Å². The van der Waals surface area contributed by atoms with Gasteiger partial charge in [-0.15, -0.1) is 0 Å². The van der Waals surface area contributed by atoms with Crippen LogP contribution in [0.3, 0.4) is 0 Å². The first-order valence-corrected chi connectivity index (χ1v) is 7.19. The first-order chi connectivity index (χ1) is 9.19. The van der Waals surface area contributed by atoms with Crippen molar-refractivity contribution in [2.45, 2.75) is 51.0 Å². The molecule has 2 rings (SSSR count). The zero-order chi connectivity index (χ0) is 13.7. The van der Waals surface area contributed by atoms with Crippen LogP contribution in [0, 0.1) is 0 Å². The van der Waals surface area contributed by atoms with Gasteiger partial charge in [-0.1, -0.05) is 24.3 Å². The minimum atomic E-state index is -0.151. The van der Waals surface area contributed by atoms with Gasteiger partial charge in [0.05, 0.1) is 6.61 Å². The average molecular weight is 261 g/mol. The second-order valence-electron chi connectivity index (χ2n) is 5.32. The molecule has 0 bridgehead atoms. The monoisotopic (exact) mass is 261 g/mol. The molecule has 0 spiro atoms. The Labute approximate surface area is 115 Å². The second-order valence-corrected chi connectivity index (χ2v) is 5.32. The molecule has 2 N–H and O–H groups in total. The lowest BCUT2D eigenvalue weighted by Crippen LogP contribution is -2.24. The van der Waals surface area contributed by atoms with Crippen LogP contribution in [0.1, 0.15) is 49.7 Å². The predicted molar refractivity (Wildman–Crippen MR) is 76.0 cm³/mol. The maximum absolute atomic E-state index is 11.2. The molecule has 1 fully saturated rings. The number of ether oxygens (including phenoxy) is 1.